The molecule has 1 aromatic carbocycles. The minimum Gasteiger partial charge on any atom is -0.550 e. The highest BCUT2D eigenvalue weighted by Gasteiger charge is 2.11. The van der Waals surface area contributed by atoms with Gasteiger partial charge in [-0.25, -0.2) is 0 Å². The van der Waals surface area contributed by atoms with E-state index in [1.54, 1.807) is 0 Å². The topological polar surface area (TPSA) is 45.1 Å². The molecule has 0 bridgehead atoms. The fourth-order valence-electron chi connectivity index (χ4n) is 2.40. The van der Waals surface area contributed by atoms with Gasteiger partial charge in [-0.15, -0.1) is 0 Å². The van der Waals surface area contributed by atoms with Gasteiger partial charge >= 0.3 is 0 Å². The number of aryl methyl sites for hydroxylation is 1. The van der Waals surface area contributed by atoms with Crippen molar-refractivity contribution in [1.29, 1.82) is 0 Å². The fraction of sp³-hybridized carbons (Fsp3) is 0.353. The summed E-state index contributed by atoms with van der Waals surface area (Å²) < 4.78 is 2.23. The van der Waals surface area contributed by atoms with Crippen LogP contribution in [-0.2, 0) is 17.8 Å². The highest BCUT2D eigenvalue weighted by atomic mass is 16.4. The molecule has 0 radical (unpaired) electrons. The van der Waals surface area contributed by atoms with E-state index >= 15 is 0 Å². The molecule has 0 amide bonds. The molecule has 0 fully saturated rings. The molecule has 0 spiro atoms. The summed E-state index contributed by atoms with van der Waals surface area (Å²) in [6.45, 7) is 5.22. The lowest BCUT2D eigenvalue weighted by Crippen LogP contribution is -2.23. The van der Waals surface area contributed by atoms with E-state index in [0.29, 0.717) is 12.3 Å². The summed E-state index contributed by atoms with van der Waals surface area (Å²) in [4.78, 5) is 10.7. The molecule has 106 valence electrons. The Bertz CT molecular complexity index is 570. The summed E-state index contributed by atoms with van der Waals surface area (Å²) in [5.74, 6) is -0.491. The van der Waals surface area contributed by atoms with Crippen LogP contribution < -0.4 is 5.11 Å². The van der Waals surface area contributed by atoms with Gasteiger partial charge in [0.05, 0.1) is 0 Å². The zero-order valence-corrected chi connectivity index (χ0v) is 12.0. The van der Waals surface area contributed by atoms with Crippen LogP contribution in [0.1, 0.15) is 26.0 Å². The average Bonchev–Trinajstić information content (AvgIpc) is 2.79. The molecule has 2 rings (SSSR count). The maximum atomic E-state index is 10.7. The van der Waals surface area contributed by atoms with Crippen molar-refractivity contribution in [1.82, 2.24) is 4.57 Å². The molecule has 2 aromatic rings. The highest BCUT2D eigenvalue weighted by molar-refractivity contribution is 5.65. The van der Waals surface area contributed by atoms with Crippen molar-refractivity contribution in [3.05, 3.63) is 48.2 Å². The summed E-state index contributed by atoms with van der Waals surface area (Å²) in [5.41, 5.74) is 3.36. The van der Waals surface area contributed by atoms with Crippen molar-refractivity contribution in [2.24, 2.45) is 5.92 Å². The van der Waals surface area contributed by atoms with Gasteiger partial charge in [0, 0.05) is 23.9 Å². The molecule has 0 aliphatic rings. The van der Waals surface area contributed by atoms with Crippen molar-refractivity contribution in [2.45, 2.75) is 33.2 Å². The number of nitrogens with zero attached hydrogens (tertiary/aromatic N) is 1. The average molecular weight is 270 g/mol. The van der Waals surface area contributed by atoms with Crippen LogP contribution >= 0.6 is 0 Å². The molecule has 20 heavy (non-hydrogen) atoms. The number of carboxylic acids is 1. The molecular formula is C17H20NO2-. The first kappa shape index (κ1) is 14.4. The SMILES string of the molecule is CC(C)Cn1c(CCC(=O)[O-])ccc1-c1ccccc1. The van der Waals surface area contributed by atoms with Gasteiger partial charge in [0.2, 0.25) is 0 Å². The number of carbonyl (C=O) groups excluding carboxylic acids is 1. The van der Waals surface area contributed by atoms with Crippen LogP contribution in [0.4, 0.5) is 0 Å². The van der Waals surface area contributed by atoms with Crippen molar-refractivity contribution < 1.29 is 9.90 Å². The minimum atomic E-state index is -0.997. The number of carboxylic acid groups (broad SMARTS) is 1. The number of hydrogen-bond donors (Lipinski definition) is 0. The lowest BCUT2D eigenvalue weighted by atomic mass is 10.1. The van der Waals surface area contributed by atoms with E-state index in [-0.39, 0.29) is 6.42 Å². The van der Waals surface area contributed by atoms with Crippen LogP contribution in [0.2, 0.25) is 0 Å². The molecule has 0 N–H and O–H groups in total. The maximum absolute atomic E-state index is 10.7. The van der Waals surface area contributed by atoms with E-state index in [2.05, 4.69) is 36.6 Å². The molecule has 0 saturated heterocycles. The Morgan fingerprint density at radius 2 is 1.85 bits per heavy atom. The zero-order chi connectivity index (χ0) is 14.5. The third kappa shape index (κ3) is 3.50. The van der Waals surface area contributed by atoms with Crippen LogP contribution in [0.5, 0.6) is 0 Å². The third-order valence-electron chi connectivity index (χ3n) is 3.27. The van der Waals surface area contributed by atoms with Crippen molar-refractivity contribution in [2.75, 3.05) is 0 Å². The summed E-state index contributed by atoms with van der Waals surface area (Å²) in [7, 11) is 0. The van der Waals surface area contributed by atoms with E-state index in [1.807, 2.05) is 24.3 Å². The first-order chi connectivity index (χ1) is 9.58. The smallest absolute Gasteiger partial charge is 0.0482 e. The molecule has 0 aliphatic heterocycles. The van der Waals surface area contributed by atoms with Crippen LogP contribution in [-0.4, -0.2) is 10.5 Å². The van der Waals surface area contributed by atoms with Gasteiger partial charge in [0.25, 0.3) is 0 Å². The number of carbonyl (C=O) groups is 1. The van der Waals surface area contributed by atoms with Gasteiger partial charge in [0.15, 0.2) is 0 Å². The van der Waals surface area contributed by atoms with Gasteiger partial charge in [0.1, 0.15) is 0 Å². The fourth-order valence-corrected chi connectivity index (χ4v) is 2.40. The van der Waals surface area contributed by atoms with E-state index in [1.165, 1.54) is 0 Å². The van der Waals surface area contributed by atoms with Crippen LogP contribution in [0.3, 0.4) is 0 Å². The Morgan fingerprint density at radius 3 is 2.45 bits per heavy atom. The molecule has 3 heteroatoms. The maximum Gasteiger partial charge on any atom is 0.0482 e. The minimum absolute atomic E-state index is 0.0658. The first-order valence-electron chi connectivity index (χ1n) is 7.01. The van der Waals surface area contributed by atoms with Gasteiger partial charge in [-0.2, -0.15) is 0 Å². The Morgan fingerprint density at radius 1 is 1.15 bits per heavy atom. The Balaban J connectivity index is 2.34. The number of rotatable bonds is 6. The highest BCUT2D eigenvalue weighted by Crippen LogP contribution is 2.24. The molecule has 0 atom stereocenters. The molecule has 3 nitrogen and oxygen atoms in total. The second kappa shape index (κ2) is 6.42. The number of aromatic nitrogens is 1. The number of aliphatic carboxylic acids is 1. The van der Waals surface area contributed by atoms with Gasteiger partial charge in [-0.05, 0) is 36.5 Å². The molecule has 0 saturated carbocycles. The van der Waals surface area contributed by atoms with Gasteiger partial charge in [-0.1, -0.05) is 44.2 Å². The lowest BCUT2D eigenvalue weighted by Gasteiger charge is -2.16. The lowest BCUT2D eigenvalue weighted by molar-refractivity contribution is -0.305. The molecule has 1 aromatic heterocycles. The summed E-state index contributed by atoms with van der Waals surface area (Å²) in [6, 6.07) is 14.3. The predicted octanol–water partition coefficient (Wildman–Crippen LogP) is 2.49. The normalized spacial score (nSPS) is 10.9. The second-order valence-electron chi connectivity index (χ2n) is 5.45. The molecular weight excluding hydrogens is 250 g/mol. The summed E-state index contributed by atoms with van der Waals surface area (Å²) in [5, 5.41) is 10.7. The van der Waals surface area contributed by atoms with Crippen LogP contribution in [0, 0.1) is 5.92 Å². The van der Waals surface area contributed by atoms with Crippen molar-refractivity contribution in [3.8, 4) is 11.3 Å². The monoisotopic (exact) mass is 270 g/mol. The van der Waals surface area contributed by atoms with E-state index in [0.717, 1.165) is 23.5 Å². The molecule has 0 aliphatic carbocycles. The summed E-state index contributed by atoms with van der Waals surface area (Å²) >= 11 is 0. The number of benzene rings is 1. The van der Waals surface area contributed by atoms with Gasteiger partial charge in [-0.3, -0.25) is 0 Å². The first-order valence-corrected chi connectivity index (χ1v) is 7.01. The summed E-state index contributed by atoms with van der Waals surface area (Å²) in [6.07, 6.45) is 0.582. The van der Waals surface area contributed by atoms with Crippen molar-refractivity contribution in [3.63, 3.8) is 0 Å². The second-order valence-corrected chi connectivity index (χ2v) is 5.45. The van der Waals surface area contributed by atoms with Crippen LogP contribution in [0.25, 0.3) is 11.3 Å². The Kier molecular flexibility index (Phi) is 4.61. The quantitative estimate of drug-likeness (QED) is 0.809. The molecule has 0 unspecified atom stereocenters. The van der Waals surface area contributed by atoms with Crippen LogP contribution in [0.15, 0.2) is 42.5 Å². The van der Waals surface area contributed by atoms with E-state index < -0.39 is 5.97 Å². The van der Waals surface area contributed by atoms with Crippen molar-refractivity contribution >= 4 is 5.97 Å². The Hall–Kier alpha value is -2.03. The predicted molar refractivity (Wildman–Crippen MR) is 78.0 cm³/mol. The van der Waals surface area contributed by atoms with E-state index in [9.17, 15) is 9.90 Å². The largest absolute Gasteiger partial charge is 0.550 e. The number of hydrogen-bond acceptors (Lipinski definition) is 2. The standard InChI is InChI=1S/C17H21NO2/c1-13(2)12-18-15(9-11-17(19)20)8-10-16(18)14-6-4-3-5-7-14/h3-8,10,13H,9,11-12H2,1-2H3,(H,19,20)/p-1. The van der Waals surface area contributed by atoms with E-state index in [4.69, 9.17) is 0 Å². The third-order valence-corrected chi connectivity index (χ3v) is 3.27. The molecule has 1 heterocycles. The Labute approximate surface area is 119 Å². The zero-order valence-electron chi connectivity index (χ0n) is 12.0. The van der Waals surface area contributed by atoms with Gasteiger partial charge < -0.3 is 14.5 Å².